The average Bonchev–Trinajstić information content (AvgIpc) is 3.41. The van der Waals surface area contributed by atoms with Crippen molar-refractivity contribution in [3.63, 3.8) is 0 Å². The van der Waals surface area contributed by atoms with Crippen LogP contribution in [0, 0.1) is 5.92 Å². The Labute approximate surface area is 182 Å². The molecule has 6 nitrogen and oxygen atoms in total. The molecule has 1 fully saturated rings. The number of anilines is 1. The number of hydrogen-bond donors (Lipinski definition) is 1. The van der Waals surface area contributed by atoms with Gasteiger partial charge in [0, 0.05) is 41.5 Å². The van der Waals surface area contributed by atoms with Crippen molar-refractivity contribution in [1.82, 2.24) is 15.7 Å². The van der Waals surface area contributed by atoms with Crippen LogP contribution >= 0.6 is 11.6 Å². The number of rotatable bonds is 8. The quantitative estimate of drug-likeness (QED) is 0.571. The van der Waals surface area contributed by atoms with Gasteiger partial charge in [0.1, 0.15) is 11.9 Å². The van der Waals surface area contributed by atoms with Crippen LogP contribution in [0.25, 0.3) is 0 Å². The van der Waals surface area contributed by atoms with Crippen molar-refractivity contribution < 1.29 is 9.26 Å². The molecule has 1 saturated heterocycles. The molecule has 1 aromatic heterocycles. The molecule has 2 atom stereocenters. The highest BCUT2D eigenvalue weighted by Crippen LogP contribution is 2.26. The number of nitrogens with zero attached hydrogens (tertiary/aromatic N) is 3. The lowest BCUT2D eigenvalue weighted by atomic mass is 10.0. The predicted octanol–water partition coefficient (Wildman–Crippen LogP) is 4.52. The van der Waals surface area contributed by atoms with Crippen LogP contribution < -0.4 is 15.0 Å². The van der Waals surface area contributed by atoms with E-state index in [2.05, 4.69) is 52.6 Å². The third-order valence-corrected chi connectivity index (χ3v) is 5.74. The summed E-state index contributed by atoms with van der Waals surface area (Å²) in [6, 6.07) is 16.3. The number of nitrogens with one attached hydrogen (secondary N) is 1. The highest BCUT2D eigenvalue weighted by Gasteiger charge is 2.31. The van der Waals surface area contributed by atoms with E-state index in [1.54, 1.807) is 6.20 Å². The van der Waals surface area contributed by atoms with Gasteiger partial charge in [0.05, 0.1) is 12.7 Å². The van der Waals surface area contributed by atoms with E-state index in [0.29, 0.717) is 23.4 Å². The third kappa shape index (κ3) is 5.12. The Morgan fingerprint density at radius 1 is 1.20 bits per heavy atom. The van der Waals surface area contributed by atoms with E-state index in [1.807, 2.05) is 30.3 Å². The summed E-state index contributed by atoms with van der Waals surface area (Å²) in [7, 11) is 0. The maximum absolute atomic E-state index is 6.41. The molecule has 7 heteroatoms. The standard InChI is InChI=1S/C23H27ClN4O2/c1-16(2)17-4-3-5-21(10-17)29-23-13-25-11-18(23)14-28(15-22-12-26-27-30-22)20-8-6-19(24)7-9-20/h3-10,12,16,18,23,25H,11,13-15H2,1-2H3. The van der Waals surface area contributed by atoms with Gasteiger partial charge in [-0.25, -0.2) is 0 Å². The molecule has 1 aliphatic heterocycles. The first-order valence-corrected chi connectivity index (χ1v) is 10.7. The zero-order valence-electron chi connectivity index (χ0n) is 17.3. The monoisotopic (exact) mass is 426 g/mol. The maximum atomic E-state index is 6.41. The molecule has 3 aromatic rings. The second kappa shape index (κ2) is 9.49. The van der Waals surface area contributed by atoms with Crippen molar-refractivity contribution in [2.45, 2.75) is 32.4 Å². The molecule has 0 saturated carbocycles. The lowest BCUT2D eigenvalue weighted by molar-refractivity contribution is 0.175. The van der Waals surface area contributed by atoms with Crippen molar-refractivity contribution in [1.29, 1.82) is 0 Å². The molecule has 2 aromatic carbocycles. The van der Waals surface area contributed by atoms with Gasteiger partial charge in [-0.15, -0.1) is 5.10 Å². The summed E-state index contributed by atoms with van der Waals surface area (Å²) in [6.07, 6.45) is 1.75. The number of hydrogen-bond acceptors (Lipinski definition) is 6. The second-order valence-electron chi connectivity index (χ2n) is 8.04. The van der Waals surface area contributed by atoms with Crippen molar-refractivity contribution in [2.24, 2.45) is 5.92 Å². The van der Waals surface area contributed by atoms with E-state index in [4.69, 9.17) is 20.9 Å². The number of halogens is 1. The van der Waals surface area contributed by atoms with Gasteiger partial charge in [0.2, 0.25) is 0 Å². The smallest absolute Gasteiger partial charge is 0.176 e. The summed E-state index contributed by atoms with van der Waals surface area (Å²) in [5, 5.41) is 11.6. The van der Waals surface area contributed by atoms with E-state index in [1.165, 1.54) is 5.56 Å². The van der Waals surface area contributed by atoms with Crippen LogP contribution in [-0.4, -0.2) is 36.1 Å². The molecule has 2 heterocycles. The normalized spacial score (nSPS) is 18.7. The molecular weight excluding hydrogens is 400 g/mol. The minimum atomic E-state index is 0.0927. The Morgan fingerprint density at radius 2 is 2.03 bits per heavy atom. The first-order valence-electron chi connectivity index (χ1n) is 10.3. The Bertz CT molecular complexity index is 931. The Morgan fingerprint density at radius 3 is 2.77 bits per heavy atom. The van der Waals surface area contributed by atoms with Gasteiger partial charge >= 0.3 is 0 Å². The number of aromatic nitrogens is 2. The number of ether oxygens (including phenoxy) is 1. The zero-order chi connectivity index (χ0) is 20.9. The van der Waals surface area contributed by atoms with Gasteiger partial charge < -0.3 is 19.5 Å². The highest BCUT2D eigenvalue weighted by molar-refractivity contribution is 6.30. The maximum Gasteiger partial charge on any atom is 0.176 e. The average molecular weight is 427 g/mol. The van der Waals surface area contributed by atoms with E-state index in [9.17, 15) is 0 Å². The van der Waals surface area contributed by atoms with Gasteiger partial charge in [0.25, 0.3) is 0 Å². The fourth-order valence-electron chi connectivity index (χ4n) is 3.79. The van der Waals surface area contributed by atoms with Crippen LogP contribution in [-0.2, 0) is 6.54 Å². The lowest BCUT2D eigenvalue weighted by Gasteiger charge is -2.29. The van der Waals surface area contributed by atoms with Crippen molar-refractivity contribution in [2.75, 3.05) is 24.5 Å². The fraction of sp³-hybridized carbons (Fsp3) is 0.391. The first kappa shape index (κ1) is 20.7. The molecule has 0 radical (unpaired) electrons. The molecule has 0 aliphatic carbocycles. The SMILES string of the molecule is CC(C)c1cccc(OC2CNCC2CN(Cc2cnno2)c2ccc(Cl)cc2)c1. The van der Waals surface area contributed by atoms with Crippen LogP contribution in [0.1, 0.15) is 31.1 Å². The zero-order valence-corrected chi connectivity index (χ0v) is 18.0. The van der Waals surface area contributed by atoms with Gasteiger partial charge in [-0.2, -0.15) is 0 Å². The largest absolute Gasteiger partial charge is 0.489 e. The molecule has 1 N–H and O–H groups in total. The molecule has 1 aliphatic rings. The van der Waals surface area contributed by atoms with Crippen LogP contribution in [0.3, 0.4) is 0 Å². The number of benzene rings is 2. The summed E-state index contributed by atoms with van der Waals surface area (Å²) in [5.74, 6) is 2.44. The summed E-state index contributed by atoms with van der Waals surface area (Å²) < 4.78 is 11.7. The van der Waals surface area contributed by atoms with Crippen molar-refractivity contribution in [3.8, 4) is 5.75 Å². The molecule has 0 bridgehead atoms. The molecule has 0 spiro atoms. The van der Waals surface area contributed by atoms with Crippen LogP contribution in [0.5, 0.6) is 5.75 Å². The highest BCUT2D eigenvalue weighted by atomic mass is 35.5. The van der Waals surface area contributed by atoms with E-state index in [0.717, 1.165) is 36.8 Å². The lowest BCUT2D eigenvalue weighted by Crippen LogP contribution is -2.37. The van der Waals surface area contributed by atoms with Crippen molar-refractivity contribution >= 4 is 17.3 Å². The molecule has 0 amide bonds. The van der Waals surface area contributed by atoms with Gasteiger partial charge in [-0.1, -0.05) is 37.6 Å². The Balaban J connectivity index is 1.49. The topological polar surface area (TPSA) is 63.4 Å². The van der Waals surface area contributed by atoms with Gasteiger partial charge in [0.15, 0.2) is 5.76 Å². The molecular formula is C23H27ClN4O2. The fourth-order valence-corrected chi connectivity index (χ4v) is 3.92. The third-order valence-electron chi connectivity index (χ3n) is 5.49. The molecule has 158 valence electrons. The first-order chi connectivity index (χ1) is 14.6. The summed E-state index contributed by atoms with van der Waals surface area (Å²) in [6.45, 7) is 7.51. The van der Waals surface area contributed by atoms with Crippen LogP contribution in [0.4, 0.5) is 5.69 Å². The van der Waals surface area contributed by atoms with Gasteiger partial charge in [-0.3, -0.25) is 0 Å². The van der Waals surface area contributed by atoms with E-state index in [-0.39, 0.29) is 6.10 Å². The molecule has 2 unspecified atom stereocenters. The minimum absolute atomic E-state index is 0.0927. The van der Waals surface area contributed by atoms with Crippen molar-refractivity contribution in [3.05, 3.63) is 71.1 Å². The van der Waals surface area contributed by atoms with Crippen LogP contribution in [0.2, 0.25) is 5.02 Å². The van der Waals surface area contributed by atoms with Crippen LogP contribution in [0.15, 0.2) is 59.3 Å². The Kier molecular flexibility index (Phi) is 6.55. The summed E-state index contributed by atoms with van der Waals surface area (Å²) in [5.41, 5.74) is 2.36. The molecule has 30 heavy (non-hydrogen) atoms. The van der Waals surface area contributed by atoms with E-state index >= 15 is 0 Å². The van der Waals surface area contributed by atoms with Gasteiger partial charge in [-0.05, 0) is 47.9 Å². The molecule has 4 rings (SSSR count). The second-order valence-corrected chi connectivity index (χ2v) is 8.48. The summed E-state index contributed by atoms with van der Waals surface area (Å²) >= 11 is 6.09. The summed E-state index contributed by atoms with van der Waals surface area (Å²) in [4.78, 5) is 2.26. The minimum Gasteiger partial charge on any atom is -0.489 e. The predicted molar refractivity (Wildman–Crippen MR) is 118 cm³/mol. The Hall–Kier alpha value is -2.57. The van der Waals surface area contributed by atoms with E-state index < -0.39 is 0 Å².